The van der Waals surface area contributed by atoms with Gasteiger partial charge in [-0.05, 0) is 5.92 Å². The Morgan fingerprint density at radius 3 is 2.79 bits per heavy atom. The Hall–Kier alpha value is -0.590. The summed E-state index contributed by atoms with van der Waals surface area (Å²) in [4.78, 5) is 0. The van der Waals surface area contributed by atoms with Gasteiger partial charge in [0.05, 0.1) is 6.54 Å². The highest BCUT2D eigenvalue weighted by molar-refractivity contribution is 7.99. The van der Waals surface area contributed by atoms with Crippen molar-refractivity contribution in [1.29, 1.82) is 0 Å². The molecule has 1 heterocycles. The van der Waals surface area contributed by atoms with Crippen molar-refractivity contribution in [2.24, 2.45) is 18.7 Å². The van der Waals surface area contributed by atoms with Crippen LogP contribution in [0.15, 0.2) is 5.16 Å². The maximum atomic E-state index is 8.86. The van der Waals surface area contributed by atoms with E-state index in [0.29, 0.717) is 6.54 Å². The third-order valence-electron chi connectivity index (χ3n) is 1.92. The van der Waals surface area contributed by atoms with Gasteiger partial charge in [0.15, 0.2) is 5.16 Å². The molecule has 5 nitrogen and oxygen atoms in total. The van der Waals surface area contributed by atoms with E-state index in [9.17, 15) is 0 Å². The van der Waals surface area contributed by atoms with Crippen LogP contribution in [0.25, 0.3) is 0 Å². The minimum Gasteiger partial charge on any atom is -0.396 e. The summed E-state index contributed by atoms with van der Waals surface area (Å²) in [5, 5.41) is 17.7. The molecule has 6 heteroatoms. The summed E-state index contributed by atoms with van der Waals surface area (Å²) in [5.74, 6) is 1.90. The first-order chi connectivity index (χ1) is 6.69. The topological polar surface area (TPSA) is 77.0 Å². The molecule has 80 valence electrons. The zero-order chi connectivity index (χ0) is 10.6. The van der Waals surface area contributed by atoms with Crippen LogP contribution in [0.5, 0.6) is 0 Å². The van der Waals surface area contributed by atoms with Crippen LogP contribution in [0.4, 0.5) is 0 Å². The van der Waals surface area contributed by atoms with Crippen molar-refractivity contribution in [2.45, 2.75) is 18.6 Å². The van der Waals surface area contributed by atoms with Gasteiger partial charge >= 0.3 is 0 Å². The van der Waals surface area contributed by atoms with Gasteiger partial charge in [-0.25, -0.2) is 0 Å². The molecule has 0 radical (unpaired) electrons. The molecule has 1 aromatic rings. The molecule has 0 aromatic carbocycles. The molecule has 3 N–H and O–H groups in total. The molecule has 0 aliphatic carbocycles. The maximum Gasteiger partial charge on any atom is 0.190 e. The van der Waals surface area contributed by atoms with Crippen LogP contribution >= 0.6 is 11.8 Å². The SMILES string of the molecule is CC(CO)CSc1nnc(CN)n1C. The normalized spacial score (nSPS) is 13.1. The molecular weight excluding hydrogens is 200 g/mol. The summed E-state index contributed by atoms with van der Waals surface area (Å²) >= 11 is 1.59. The van der Waals surface area contributed by atoms with Crippen molar-refractivity contribution in [2.75, 3.05) is 12.4 Å². The second-order valence-electron chi connectivity index (χ2n) is 3.26. The molecule has 0 amide bonds. The predicted octanol–water partition coefficient (Wildman–Crippen LogP) is -0.00570. The van der Waals surface area contributed by atoms with Crippen LogP contribution in [0.2, 0.25) is 0 Å². The van der Waals surface area contributed by atoms with Gasteiger partial charge < -0.3 is 15.4 Å². The molecule has 0 saturated heterocycles. The van der Waals surface area contributed by atoms with E-state index in [1.807, 2.05) is 18.5 Å². The minimum absolute atomic E-state index is 0.203. The zero-order valence-corrected chi connectivity index (χ0v) is 9.29. The van der Waals surface area contributed by atoms with Gasteiger partial charge in [0.25, 0.3) is 0 Å². The molecular formula is C8H16N4OS. The average Bonchev–Trinajstić information content (AvgIpc) is 2.56. The quantitative estimate of drug-likeness (QED) is 0.677. The Morgan fingerprint density at radius 1 is 1.57 bits per heavy atom. The van der Waals surface area contributed by atoms with Crippen LogP contribution in [0, 0.1) is 5.92 Å². The highest BCUT2D eigenvalue weighted by atomic mass is 32.2. The Bertz CT molecular complexity index is 289. The Morgan fingerprint density at radius 2 is 2.29 bits per heavy atom. The highest BCUT2D eigenvalue weighted by Gasteiger charge is 2.09. The smallest absolute Gasteiger partial charge is 0.190 e. The van der Waals surface area contributed by atoms with E-state index < -0.39 is 0 Å². The average molecular weight is 216 g/mol. The second kappa shape index (κ2) is 5.33. The van der Waals surface area contributed by atoms with Gasteiger partial charge in [0.1, 0.15) is 5.82 Å². The molecule has 0 bridgehead atoms. The molecule has 1 unspecified atom stereocenters. The van der Waals surface area contributed by atoms with E-state index in [1.165, 1.54) is 0 Å². The first-order valence-electron chi connectivity index (χ1n) is 4.51. The van der Waals surface area contributed by atoms with Crippen LogP contribution in [-0.2, 0) is 13.6 Å². The lowest BCUT2D eigenvalue weighted by Gasteiger charge is -2.06. The largest absolute Gasteiger partial charge is 0.396 e. The Labute approximate surface area is 87.7 Å². The van der Waals surface area contributed by atoms with Crippen molar-refractivity contribution in [1.82, 2.24) is 14.8 Å². The summed E-state index contributed by atoms with van der Waals surface area (Å²) in [7, 11) is 1.90. The third-order valence-corrected chi connectivity index (χ3v) is 3.27. The van der Waals surface area contributed by atoms with E-state index in [-0.39, 0.29) is 12.5 Å². The lowest BCUT2D eigenvalue weighted by atomic mass is 10.2. The monoisotopic (exact) mass is 216 g/mol. The highest BCUT2D eigenvalue weighted by Crippen LogP contribution is 2.18. The molecule has 14 heavy (non-hydrogen) atoms. The lowest BCUT2D eigenvalue weighted by molar-refractivity contribution is 0.250. The zero-order valence-electron chi connectivity index (χ0n) is 8.47. The number of aromatic nitrogens is 3. The predicted molar refractivity (Wildman–Crippen MR) is 55.9 cm³/mol. The number of aliphatic hydroxyl groups excluding tert-OH is 1. The number of thioether (sulfide) groups is 1. The van der Waals surface area contributed by atoms with Gasteiger partial charge in [0, 0.05) is 19.4 Å². The van der Waals surface area contributed by atoms with E-state index >= 15 is 0 Å². The van der Waals surface area contributed by atoms with Gasteiger partial charge in [-0.1, -0.05) is 18.7 Å². The van der Waals surface area contributed by atoms with Gasteiger partial charge in [-0.2, -0.15) is 0 Å². The van der Waals surface area contributed by atoms with Gasteiger partial charge in [-0.3, -0.25) is 0 Å². The molecule has 0 fully saturated rings. The molecule has 1 atom stereocenters. The number of aliphatic hydroxyl groups is 1. The molecule has 0 spiro atoms. The lowest BCUT2D eigenvalue weighted by Crippen LogP contribution is -2.07. The number of hydrogen-bond acceptors (Lipinski definition) is 5. The number of rotatable bonds is 5. The van der Waals surface area contributed by atoms with Crippen LogP contribution in [-0.4, -0.2) is 32.2 Å². The van der Waals surface area contributed by atoms with Gasteiger partial charge in [0.2, 0.25) is 0 Å². The van der Waals surface area contributed by atoms with E-state index in [0.717, 1.165) is 16.7 Å². The van der Waals surface area contributed by atoms with Crippen LogP contribution < -0.4 is 5.73 Å². The first kappa shape index (κ1) is 11.5. The standard InChI is InChI=1S/C8H16N4OS/c1-6(4-13)5-14-8-11-10-7(3-9)12(8)2/h6,13H,3-5,9H2,1-2H3. The van der Waals surface area contributed by atoms with E-state index in [4.69, 9.17) is 10.8 Å². The van der Waals surface area contributed by atoms with Crippen molar-refractivity contribution >= 4 is 11.8 Å². The number of nitrogens with zero attached hydrogens (tertiary/aromatic N) is 3. The molecule has 0 saturated carbocycles. The summed E-state index contributed by atoms with van der Waals surface area (Å²) < 4.78 is 1.88. The van der Waals surface area contributed by atoms with E-state index in [1.54, 1.807) is 11.8 Å². The summed E-state index contributed by atoms with van der Waals surface area (Å²) in [5.41, 5.74) is 5.47. The van der Waals surface area contributed by atoms with Crippen molar-refractivity contribution < 1.29 is 5.11 Å². The van der Waals surface area contributed by atoms with Gasteiger partial charge in [-0.15, -0.1) is 10.2 Å². The summed E-state index contributed by atoms with van der Waals surface area (Å²) in [6, 6.07) is 0. The minimum atomic E-state index is 0.203. The number of nitrogens with two attached hydrogens (primary N) is 1. The fraction of sp³-hybridized carbons (Fsp3) is 0.750. The maximum absolute atomic E-state index is 8.86. The van der Waals surface area contributed by atoms with Crippen LogP contribution in [0.3, 0.4) is 0 Å². The molecule has 1 rings (SSSR count). The fourth-order valence-corrected chi connectivity index (χ4v) is 1.85. The van der Waals surface area contributed by atoms with E-state index in [2.05, 4.69) is 10.2 Å². The van der Waals surface area contributed by atoms with Crippen LogP contribution in [0.1, 0.15) is 12.7 Å². The summed E-state index contributed by atoms with van der Waals surface area (Å²) in [6.45, 7) is 2.60. The Kier molecular flexibility index (Phi) is 4.37. The second-order valence-corrected chi connectivity index (χ2v) is 4.25. The number of hydrogen-bond donors (Lipinski definition) is 2. The Balaban J connectivity index is 2.54. The third kappa shape index (κ3) is 2.70. The van der Waals surface area contributed by atoms with Crippen molar-refractivity contribution in [3.63, 3.8) is 0 Å². The summed E-state index contributed by atoms with van der Waals surface area (Å²) in [6.07, 6.45) is 0. The molecule has 0 aliphatic heterocycles. The van der Waals surface area contributed by atoms with Crippen molar-refractivity contribution in [3.8, 4) is 0 Å². The molecule has 1 aromatic heterocycles. The fourth-order valence-electron chi connectivity index (χ4n) is 0.918. The molecule has 0 aliphatic rings. The van der Waals surface area contributed by atoms with Crippen molar-refractivity contribution in [3.05, 3.63) is 5.82 Å². The first-order valence-corrected chi connectivity index (χ1v) is 5.49.